The fourth-order valence-corrected chi connectivity index (χ4v) is 3.05. The molecule has 0 spiro atoms. The standard InChI is InChI=1S/C19H30N4O4S/c1-2-3-6-14(13-28)18(24)22-17(7-4-5-12-20)19(25)21-15-8-10-16(11-9-15)23(26)27/h8-11,14,17,28H,2-7,12-13,20H2,1H3,(H,21,25)(H,22,24)/t14-,17-/m0/s1. The van der Waals surface area contributed by atoms with Gasteiger partial charge in [-0.05, 0) is 44.4 Å². The quantitative estimate of drug-likeness (QED) is 0.172. The summed E-state index contributed by atoms with van der Waals surface area (Å²) >= 11 is 4.26. The van der Waals surface area contributed by atoms with Gasteiger partial charge < -0.3 is 16.4 Å². The number of unbranched alkanes of at least 4 members (excludes halogenated alkanes) is 2. The molecule has 0 saturated carbocycles. The number of nitrogens with zero attached hydrogens (tertiary/aromatic N) is 1. The van der Waals surface area contributed by atoms with Gasteiger partial charge in [0.25, 0.3) is 5.69 Å². The maximum atomic E-state index is 12.7. The Hall–Kier alpha value is -2.13. The lowest BCUT2D eigenvalue weighted by Crippen LogP contribution is -2.46. The molecule has 1 aromatic carbocycles. The third-order valence-electron chi connectivity index (χ3n) is 4.42. The minimum Gasteiger partial charge on any atom is -0.344 e. The van der Waals surface area contributed by atoms with Gasteiger partial charge in [0.1, 0.15) is 6.04 Å². The molecule has 0 unspecified atom stereocenters. The molecule has 8 nitrogen and oxygen atoms in total. The summed E-state index contributed by atoms with van der Waals surface area (Å²) in [4.78, 5) is 35.5. The second-order valence-corrected chi connectivity index (χ2v) is 7.03. The summed E-state index contributed by atoms with van der Waals surface area (Å²) in [6.07, 6.45) is 4.56. The Balaban J connectivity index is 2.79. The van der Waals surface area contributed by atoms with Gasteiger partial charge in [0.15, 0.2) is 0 Å². The molecule has 4 N–H and O–H groups in total. The lowest BCUT2D eigenvalue weighted by Gasteiger charge is -2.21. The summed E-state index contributed by atoms with van der Waals surface area (Å²) in [6, 6.07) is 4.87. The number of hydrogen-bond donors (Lipinski definition) is 4. The van der Waals surface area contributed by atoms with Crippen molar-refractivity contribution in [2.24, 2.45) is 11.7 Å². The van der Waals surface area contributed by atoms with Crippen LogP contribution in [0.2, 0.25) is 0 Å². The smallest absolute Gasteiger partial charge is 0.269 e. The number of nitro benzene ring substituents is 1. The molecule has 0 saturated heterocycles. The number of amides is 2. The van der Waals surface area contributed by atoms with Crippen LogP contribution in [0.3, 0.4) is 0 Å². The molecule has 2 amide bonds. The van der Waals surface area contributed by atoms with E-state index in [4.69, 9.17) is 5.73 Å². The molecule has 9 heteroatoms. The third-order valence-corrected chi connectivity index (χ3v) is 4.86. The number of rotatable bonds is 13. The molecule has 0 fully saturated rings. The number of anilines is 1. The van der Waals surface area contributed by atoms with Crippen LogP contribution in [0.5, 0.6) is 0 Å². The molecule has 156 valence electrons. The van der Waals surface area contributed by atoms with Gasteiger partial charge in [-0.1, -0.05) is 19.8 Å². The molecular weight excluding hydrogens is 380 g/mol. The predicted molar refractivity (Wildman–Crippen MR) is 113 cm³/mol. The SMILES string of the molecule is CCCC[C@@H](CS)C(=O)N[C@@H](CCCCN)C(=O)Nc1ccc([N+](=O)[O-])cc1. The van der Waals surface area contributed by atoms with Crippen molar-refractivity contribution >= 4 is 35.8 Å². The van der Waals surface area contributed by atoms with Crippen LogP contribution in [0, 0.1) is 16.0 Å². The van der Waals surface area contributed by atoms with Crippen molar-refractivity contribution in [3.8, 4) is 0 Å². The molecule has 1 aromatic rings. The number of non-ortho nitro benzene ring substituents is 1. The third kappa shape index (κ3) is 8.26. The zero-order valence-corrected chi connectivity index (χ0v) is 17.1. The van der Waals surface area contributed by atoms with E-state index in [0.29, 0.717) is 30.8 Å². The van der Waals surface area contributed by atoms with E-state index in [1.54, 1.807) is 0 Å². The van der Waals surface area contributed by atoms with E-state index in [-0.39, 0.29) is 23.4 Å². The lowest BCUT2D eigenvalue weighted by atomic mass is 10.0. The minimum atomic E-state index is -0.696. The number of nitro groups is 1. The van der Waals surface area contributed by atoms with Gasteiger partial charge in [-0.15, -0.1) is 0 Å². The van der Waals surface area contributed by atoms with Crippen LogP contribution in [0.1, 0.15) is 45.4 Å². The maximum absolute atomic E-state index is 12.7. The second kappa shape index (κ2) is 13.1. The molecule has 0 aliphatic carbocycles. The number of hydrogen-bond acceptors (Lipinski definition) is 6. The van der Waals surface area contributed by atoms with E-state index in [9.17, 15) is 19.7 Å². The first-order valence-electron chi connectivity index (χ1n) is 9.59. The number of nitrogens with two attached hydrogens (primary N) is 1. The van der Waals surface area contributed by atoms with Crippen LogP contribution < -0.4 is 16.4 Å². The Kier molecular flexibility index (Phi) is 11.2. The Morgan fingerprint density at radius 2 is 1.82 bits per heavy atom. The maximum Gasteiger partial charge on any atom is 0.269 e. The highest BCUT2D eigenvalue weighted by molar-refractivity contribution is 7.80. The number of nitrogens with one attached hydrogen (secondary N) is 2. The van der Waals surface area contributed by atoms with Crippen LogP contribution in [-0.2, 0) is 9.59 Å². The van der Waals surface area contributed by atoms with Crippen molar-refractivity contribution in [1.82, 2.24) is 5.32 Å². The van der Waals surface area contributed by atoms with Crippen molar-refractivity contribution in [1.29, 1.82) is 0 Å². The van der Waals surface area contributed by atoms with Crippen molar-refractivity contribution < 1.29 is 14.5 Å². The topological polar surface area (TPSA) is 127 Å². The molecular formula is C19H30N4O4S. The summed E-state index contributed by atoms with van der Waals surface area (Å²) in [7, 11) is 0. The van der Waals surface area contributed by atoms with E-state index in [2.05, 4.69) is 30.2 Å². The van der Waals surface area contributed by atoms with Gasteiger partial charge in [-0.3, -0.25) is 19.7 Å². The van der Waals surface area contributed by atoms with Gasteiger partial charge in [-0.25, -0.2) is 0 Å². The van der Waals surface area contributed by atoms with Gasteiger partial charge in [0.05, 0.1) is 4.92 Å². The molecule has 2 atom stereocenters. The number of carbonyl (C=O) groups excluding carboxylic acids is 2. The van der Waals surface area contributed by atoms with E-state index in [1.807, 2.05) is 0 Å². The fourth-order valence-electron chi connectivity index (χ4n) is 2.70. The molecule has 28 heavy (non-hydrogen) atoms. The first-order chi connectivity index (χ1) is 13.4. The number of carbonyl (C=O) groups is 2. The van der Waals surface area contributed by atoms with Crippen LogP contribution in [0.25, 0.3) is 0 Å². The Bertz CT molecular complexity index is 639. The fraction of sp³-hybridized carbons (Fsp3) is 0.579. The molecule has 0 bridgehead atoms. The highest BCUT2D eigenvalue weighted by Crippen LogP contribution is 2.17. The molecule has 0 aliphatic heterocycles. The molecule has 0 aliphatic rings. The molecule has 1 rings (SSSR count). The molecule has 0 radical (unpaired) electrons. The van der Waals surface area contributed by atoms with Crippen molar-refractivity contribution in [2.45, 2.75) is 51.5 Å². The van der Waals surface area contributed by atoms with Crippen molar-refractivity contribution in [2.75, 3.05) is 17.6 Å². The Labute approximate surface area is 171 Å². The summed E-state index contributed by atoms with van der Waals surface area (Å²) in [5, 5.41) is 16.3. The van der Waals surface area contributed by atoms with Gasteiger partial charge in [0, 0.05) is 29.5 Å². The summed E-state index contributed by atoms with van der Waals surface area (Å²) < 4.78 is 0. The minimum absolute atomic E-state index is 0.0571. The normalized spacial score (nSPS) is 12.8. The largest absolute Gasteiger partial charge is 0.344 e. The summed E-state index contributed by atoms with van der Waals surface area (Å²) in [5.41, 5.74) is 5.90. The summed E-state index contributed by atoms with van der Waals surface area (Å²) in [5.74, 6) is -0.356. The van der Waals surface area contributed by atoms with Crippen LogP contribution in [0.15, 0.2) is 24.3 Å². The van der Waals surface area contributed by atoms with E-state index in [0.717, 1.165) is 25.7 Å². The lowest BCUT2D eigenvalue weighted by molar-refractivity contribution is -0.384. The van der Waals surface area contributed by atoms with Crippen molar-refractivity contribution in [3.05, 3.63) is 34.4 Å². The average Bonchev–Trinajstić information content (AvgIpc) is 2.68. The predicted octanol–water partition coefficient (Wildman–Crippen LogP) is 2.88. The Morgan fingerprint density at radius 3 is 2.36 bits per heavy atom. The van der Waals surface area contributed by atoms with Crippen LogP contribution in [-0.4, -0.2) is 35.1 Å². The molecule has 0 heterocycles. The zero-order valence-electron chi connectivity index (χ0n) is 16.2. The number of benzene rings is 1. The van der Waals surface area contributed by atoms with E-state index >= 15 is 0 Å². The zero-order chi connectivity index (χ0) is 20.9. The van der Waals surface area contributed by atoms with E-state index in [1.165, 1.54) is 24.3 Å². The highest BCUT2D eigenvalue weighted by Gasteiger charge is 2.24. The number of thiol groups is 1. The summed E-state index contributed by atoms with van der Waals surface area (Å²) in [6.45, 7) is 2.57. The Morgan fingerprint density at radius 1 is 1.14 bits per heavy atom. The molecule has 0 aromatic heterocycles. The monoisotopic (exact) mass is 410 g/mol. The van der Waals surface area contributed by atoms with Crippen LogP contribution >= 0.6 is 12.6 Å². The van der Waals surface area contributed by atoms with Gasteiger partial charge in [0.2, 0.25) is 11.8 Å². The average molecular weight is 411 g/mol. The van der Waals surface area contributed by atoms with Gasteiger partial charge >= 0.3 is 0 Å². The first kappa shape index (κ1) is 23.9. The van der Waals surface area contributed by atoms with Crippen molar-refractivity contribution in [3.63, 3.8) is 0 Å². The highest BCUT2D eigenvalue weighted by atomic mass is 32.1. The first-order valence-corrected chi connectivity index (χ1v) is 10.2. The van der Waals surface area contributed by atoms with Crippen LogP contribution in [0.4, 0.5) is 11.4 Å². The van der Waals surface area contributed by atoms with E-state index < -0.39 is 11.0 Å². The second-order valence-electron chi connectivity index (χ2n) is 6.66. The van der Waals surface area contributed by atoms with Gasteiger partial charge in [-0.2, -0.15) is 12.6 Å².